The minimum Gasteiger partial charge on any atom is -0.314 e. The monoisotopic (exact) mass is 252 g/mol. The largest absolute Gasteiger partial charge is 0.314 e. The van der Waals surface area contributed by atoms with Gasteiger partial charge in [-0.25, -0.2) is 0 Å². The van der Waals surface area contributed by atoms with Crippen molar-refractivity contribution in [1.82, 2.24) is 10.2 Å². The van der Waals surface area contributed by atoms with E-state index in [2.05, 4.69) is 26.1 Å². The van der Waals surface area contributed by atoms with Crippen LogP contribution in [0.2, 0.25) is 0 Å². The minimum absolute atomic E-state index is 0.0121. The zero-order chi connectivity index (χ0) is 13.3. The van der Waals surface area contributed by atoms with Gasteiger partial charge in [0.25, 0.3) is 0 Å². The summed E-state index contributed by atoms with van der Waals surface area (Å²) in [7, 11) is 0. The van der Waals surface area contributed by atoms with Crippen molar-refractivity contribution in [2.75, 3.05) is 13.1 Å². The Morgan fingerprint density at radius 1 is 1.28 bits per heavy atom. The summed E-state index contributed by atoms with van der Waals surface area (Å²) in [6.45, 7) is 7.79. The van der Waals surface area contributed by atoms with Gasteiger partial charge in [0.05, 0.1) is 11.8 Å². The maximum absolute atomic E-state index is 12.2. The molecule has 3 atom stereocenters. The molecule has 1 saturated carbocycles. The van der Waals surface area contributed by atoms with Gasteiger partial charge in [-0.1, -0.05) is 13.8 Å². The number of nitrogens with zero attached hydrogens (tertiary/aromatic N) is 1. The van der Waals surface area contributed by atoms with Gasteiger partial charge in [-0.2, -0.15) is 0 Å². The maximum Gasteiger partial charge on any atom is 0.233 e. The van der Waals surface area contributed by atoms with Crippen molar-refractivity contribution in [1.29, 1.82) is 0 Å². The number of imide groups is 1. The van der Waals surface area contributed by atoms with E-state index in [9.17, 15) is 9.59 Å². The van der Waals surface area contributed by atoms with Crippen LogP contribution in [0.4, 0.5) is 0 Å². The number of carbonyl (C=O) groups excluding carboxylic acids is 2. The Kier molecular flexibility index (Phi) is 4.05. The first kappa shape index (κ1) is 13.5. The van der Waals surface area contributed by atoms with Crippen molar-refractivity contribution in [3.8, 4) is 0 Å². The number of hydrogen-bond acceptors (Lipinski definition) is 3. The second-order valence-corrected chi connectivity index (χ2v) is 5.87. The molecule has 102 valence electrons. The predicted molar refractivity (Wildman–Crippen MR) is 69.9 cm³/mol. The number of rotatable bonds is 5. The van der Waals surface area contributed by atoms with Crippen LogP contribution in [0.15, 0.2) is 0 Å². The van der Waals surface area contributed by atoms with Crippen molar-refractivity contribution in [2.45, 2.75) is 46.1 Å². The zero-order valence-corrected chi connectivity index (χ0v) is 11.6. The van der Waals surface area contributed by atoms with E-state index in [1.807, 2.05) is 0 Å². The van der Waals surface area contributed by atoms with E-state index < -0.39 is 0 Å². The Labute approximate surface area is 109 Å². The summed E-state index contributed by atoms with van der Waals surface area (Å²) in [5.41, 5.74) is 0. The molecule has 2 aliphatic rings. The first-order chi connectivity index (χ1) is 8.54. The Hall–Kier alpha value is -0.900. The van der Waals surface area contributed by atoms with Crippen molar-refractivity contribution >= 4 is 11.8 Å². The number of fused-ring (bicyclic) bond motifs is 1. The van der Waals surface area contributed by atoms with Crippen molar-refractivity contribution in [3.63, 3.8) is 0 Å². The number of hydrogen-bond donors (Lipinski definition) is 1. The van der Waals surface area contributed by atoms with Gasteiger partial charge in [-0.05, 0) is 38.6 Å². The molecule has 1 saturated heterocycles. The molecule has 18 heavy (non-hydrogen) atoms. The second kappa shape index (κ2) is 5.39. The molecule has 4 heteroatoms. The van der Waals surface area contributed by atoms with Crippen molar-refractivity contribution < 1.29 is 9.59 Å². The highest BCUT2D eigenvalue weighted by Crippen LogP contribution is 2.42. The highest BCUT2D eigenvalue weighted by Gasteiger charge is 2.51. The van der Waals surface area contributed by atoms with Gasteiger partial charge in [-0.3, -0.25) is 14.5 Å². The van der Waals surface area contributed by atoms with Gasteiger partial charge < -0.3 is 5.32 Å². The maximum atomic E-state index is 12.2. The number of nitrogens with one attached hydrogen (secondary N) is 1. The third kappa shape index (κ3) is 2.44. The lowest BCUT2D eigenvalue weighted by atomic mass is 10.00. The molecule has 0 spiro atoms. The van der Waals surface area contributed by atoms with Gasteiger partial charge in [0.2, 0.25) is 11.8 Å². The highest BCUT2D eigenvalue weighted by molar-refractivity contribution is 6.05. The van der Waals surface area contributed by atoms with Crippen LogP contribution in [0.5, 0.6) is 0 Å². The average molecular weight is 252 g/mol. The minimum atomic E-state index is -0.0121. The molecule has 1 aliphatic carbocycles. The molecular formula is C14H24N2O2. The normalized spacial score (nSPS) is 33.1. The van der Waals surface area contributed by atoms with E-state index in [0.29, 0.717) is 18.5 Å². The summed E-state index contributed by atoms with van der Waals surface area (Å²) in [5.74, 6) is 0.663. The molecule has 0 aromatic heterocycles. The average Bonchev–Trinajstić information content (AvgIpc) is 2.79. The lowest BCUT2D eigenvalue weighted by Crippen LogP contribution is -2.37. The van der Waals surface area contributed by atoms with Crippen LogP contribution in [-0.2, 0) is 9.59 Å². The Morgan fingerprint density at radius 3 is 2.33 bits per heavy atom. The van der Waals surface area contributed by atoms with Crippen molar-refractivity contribution in [2.24, 2.45) is 17.8 Å². The summed E-state index contributed by atoms with van der Waals surface area (Å²) in [4.78, 5) is 25.9. The molecule has 3 unspecified atom stereocenters. The van der Waals surface area contributed by atoms with Crippen LogP contribution in [0.25, 0.3) is 0 Å². The van der Waals surface area contributed by atoms with E-state index >= 15 is 0 Å². The van der Waals surface area contributed by atoms with Gasteiger partial charge in [0.15, 0.2) is 0 Å². The van der Waals surface area contributed by atoms with Crippen molar-refractivity contribution in [3.05, 3.63) is 0 Å². The van der Waals surface area contributed by atoms with Crippen LogP contribution in [0, 0.1) is 17.8 Å². The fourth-order valence-corrected chi connectivity index (χ4v) is 3.34. The summed E-state index contributed by atoms with van der Waals surface area (Å²) in [6.07, 6.45) is 2.64. The molecule has 1 heterocycles. The predicted octanol–water partition coefficient (Wildman–Crippen LogP) is 1.41. The van der Waals surface area contributed by atoms with Crippen LogP contribution in [0.1, 0.15) is 40.0 Å². The molecule has 1 N–H and O–H groups in total. The molecular weight excluding hydrogens is 228 g/mol. The first-order valence-corrected chi connectivity index (χ1v) is 7.13. The van der Waals surface area contributed by atoms with E-state index in [-0.39, 0.29) is 23.7 Å². The van der Waals surface area contributed by atoms with Gasteiger partial charge in [-0.15, -0.1) is 0 Å². The number of carbonyl (C=O) groups is 2. The molecule has 1 aliphatic heterocycles. The van der Waals surface area contributed by atoms with Crippen LogP contribution in [-0.4, -0.2) is 35.8 Å². The Bertz CT molecular complexity index is 319. The molecule has 2 amide bonds. The number of likely N-dealkylation sites (tertiary alicyclic amines) is 1. The van der Waals surface area contributed by atoms with E-state index in [1.165, 1.54) is 4.90 Å². The molecule has 2 fully saturated rings. The van der Waals surface area contributed by atoms with Crippen LogP contribution < -0.4 is 5.32 Å². The van der Waals surface area contributed by atoms with Gasteiger partial charge in [0.1, 0.15) is 0 Å². The SMILES string of the molecule is CCNC(C)CCN1C(=O)C2CC(C)CC2C1=O. The van der Waals surface area contributed by atoms with E-state index in [4.69, 9.17) is 0 Å². The first-order valence-electron chi connectivity index (χ1n) is 7.13. The molecule has 0 aromatic carbocycles. The van der Waals surface area contributed by atoms with Crippen LogP contribution in [0.3, 0.4) is 0 Å². The molecule has 2 rings (SSSR count). The zero-order valence-electron chi connectivity index (χ0n) is 11.6. The third-order valence-corrected chi connectivity index (χ3v) is 4.30. The van der Waals surface area contributed by atoms with E-state index in [1.54, 1.807) is 0 Å². The fraction of sp³-hybridized carbons (Fsp3) is 0.857. The highest BCUT2D eigenvalue weighted by atomic mass is 16.2. The van der Waals surface area contributed by atoms with Gasteiger partial charge in [0, 0.05) is 12.6 Å². The van der Waals surface area contributed by atoms with Crippen LogP contribution >= 0.6 is 0 Å². The lowest BCUT2D eigenvalue weighted by molar-refractivity contribution is -0.140. The lowest BCUT2D eigenvalue weighted by Gasteiger charge is -2.19. The fourth-order valence-electron chi connectivity index (χ4n) is 3.34. The molecule has 0 aromatic rings. The quantitative estimate of drug-likeness (QED) is 0.753. The molecule has 0 radical (unpaired) electrons. The Morgan fingerprint density at radius 2 is 1.83 bits per heavy atom. The van der Waals surface area contributed by atoms with Gasteiger partial charge >= 0.3 is 0 Å². The molecule has 4 nitrogen and oxygen atoms in total. The van der Waals surface area contributed by atoms with E-state index in [0.717, 1.165) is 25.8 Å². The molecule has 0 bridgehead atoms. The summed E-state index contributed by atoms with van der Waals surface area (Å²) in [5, 5.41) is 3.31. The number of amides is 2. The standard InChI is InChI=1S/C14H24N2O2/c1-4-15-10(3)5-6-16-13(17)11-7-9(2)8-12(11)14(16)18/h9-12,15H,4-8H2,1-3H3. The summed E-state index contributed by atoms with van der Waals surface area (Å²) in [6, 6.07) is 0.356. The summed E-state index contributed by atoms with van der Waals surface area (Å²) >= 11 is 0. The Balaban J connectivity index is 1.91. The summed E-state index contributed by atoms with van der Waals surface area (Å²) < 4.78 is 0. The smallest absolute Gasteiger partial charge is 0.233 e. The second-order valence-electron chi connectivity index (χ2n) is 5.87. The third-order valence-electron chi connectivity index (χ3n) is 4.30. The topological polar surface area (TPSA) is 49.4 Å².